The molecule has 0 spiro atoms. The lowest BCUT2D eigenvalue weighted by Gasteiger charge is -2.31. The molecule has 1 aromatic rings. The average Bonchev–Trinajstić information content (AvgIpc) is 3.18. The molecule has 0 atom stereocenters. The van der Waals surface area contributed by atoms with Gasteiger partial charge in [-0.3, -0.25) is 14.5 Å². The number of nitriles is 1. The molecule has 6 nitrogen and oxygen atoms in total. The Morgan fingerprint density at radius 2 is 2.00 bits per heavy atom. The Bertz CT molecular complexity index is 872. The fourth-order valence-corrected chi connectivity index (χ4v) is 4.82. The number of imide groups is 1. The largest absolute Gasteiger partial charge is 0.395 e. The van der Waals surface area contributed by atoms with Gasteiger partial charge >= 0.3 is 0 Å². The minimum Gasteiger partial charge on any atom is -0.395 e. The Morgan fingerprint density at radius 3 is 2.64 bits per heavy atom. The number of aliphatic hydroxyl groups excluding tert-OH is 1. The van der Waals surface area contributed by atoms with E-state index in [9.17, 15) is 20.0 Å². The van der Waals surface area contributed by atoms with E-state index in [-0.39, 0.29) is 18.7 Å². The van der Waals surface area contributed by atoms with Gasteiger partial charge < -0.3 is 10.0 Å². The van der Waals surface area contributed by atoms with Gasteiger partial charge in [0.15, 0.2) is 0 Å². The Balaban J connectivity index is 1.90. The number of rotatable bonds is 5. The van der Waals surface area contributed by atoms with Crippen LogP contribution >= 0.6 is 11.3 Å². The average molecular weight is 400 g/mol. The summed E-state index contributed by atoms with van der Waals surface area (Å²) >= 11 is 1.60. The summed E-state index contributed by atoms with van der Waals surface area (Å²) in [5, 5.41) is 19.7. The van der Waals surface area contributed by atoms with Gasteiger partial charge in [0.2, 0.25) is 0 Å². The first-order valence-corrected chi connectivity index (χ1v) is 10.4. The first kappa shape index (κ1) is 20.3. The van der Waals surface area contributed by atoms with Gasteiger partial charge in [-0.2, -0.15) is 5.26 Å². The molecule has 1 saturated carbocycles. The summed E-state index contributed by atoms with van der Waals surface area (Å²) in [6.07, 6.45) is 7.99. The second-order valence-corrected chi connectivity index (χ2v) is 8.33. The molecule has 3 rings (SSSR count). The molecule has 0 saturated heterocycles. The molecule has 2 heterocycles. The number of carbonyl (C=O) groups excluding carboxylic acids is 2. The quantitative estimate of drug-likeness (QED) is 0.607. The predicted molar refractivity (Wildman–Crippen MR) is 110 cm³/mol. The number of carbonyl (C=O) groups is 2. The zero-order valence-corrected chi connectivity index (χ0v) is 17.1. The molecule has 28 heavy (non-hydrogen) atoms. The minimum absolute atomic E-state index is 0.0459. The summed E-state index contributed by atoms with van der Waals surface area (Å²) in [5.41, 5.74) is 0.677. The van der Waals surface area contributed by atoms with Crippen LogP contribution in [-0.2, 0) is 9.59 Å². The maximum atomic E-state index is 12.8. The van der Waals surface area contributed by atoms with E-state index in [2.05, 4.69) is 18.0 Å². The van der Waals surface area contributed by atoms with Crippen LogP contribution < -0.4 is 4.90 Å². The monoisotopic (exact) mass is 399 g/mol. The van der Waals surface area contributed by atoms with Crippen molar-refractivity contribution in [2.45, 2.75) is 45.1 Å². The molecule has 1 fully saturated rings. The van der Waals surface area contributed by atoms with Gasteiger partial charge in [-0.1, -0.05) is 19.3 Å². The van der Waals surface area contributed by atoms with Crippen molar-refractivity contribution in [3.63, 3.8) is 0 Å². The Kier molecular flexibility index (Phi) is 6.32. The molecule has 1 N–H and O–H groups in total. The van der Waals surface area contributed by atoms with Crippen LogP contribution in [0.2, 0.25) is 0 Å². The van der Waals surface area contributed by atoms with Gasteiger partial charge in [0.25, 0.3) is 11.8 Å². The number of amides is 2. The van der Waals surface area contributed by atoms with E-state index in [1.807, 2.05) is 12.1 Å². The number of aliphatic hydroxyl groups is 1. The maximum absolute atomic E-state index is 12.8. The van der Waals surface area contributed by atoms with Crippen LogP contribution in [0.3, 0.4) is 0 Å². The van der Waals surface area contributed by atoms with Crippen molar-refractivity contribution in [2.24, 2.45) is 0 Å². The van der Waals surface area contributed by atoms with Gasteiger partial charge in [-0.25, -0.2) is 0 Å². The molecule has 0 unspecified atom stereocenters. The molecule has 2 amide bonds. The van der Waals surface area contributed by atoms with Crippen molar-refractivity contribution in [2.75, 3.05) is 25.1 Å². The molecule has 1 aromatic heterocycles. The number of nitrogens with zero attached hydrogens (tertiary/aromatic N) is 3. The summed E-state index contributed by atoms with van der Waals surface area (Å²) < 4.78 is 0. The lowest BCUT2D eigenvalue weighted by atomic mass is 9.94. The summed E-state index contributed by atoms with van der Waals surface area (Å²) in [7, 11) is 2.12. The van der Waals surface area contributed by atoms with Gasteiger partial charge in [0, 0.05) is 23.5 Å². The van der Waals surface area contributed by atoms with E-state index in [1.165, 1.54) is 32.1 Å². The SMILES string of the molecule is CC1=C(C#N)C(=O)N(CCO)C(=O)/C1=C/c1ccc(N(C)C2CCCCC2)s1. The molecule has 7 heteroatoms. The summed E-state index contributed by atoms with van der Waals surface area (Å²) in [6, 6.07) is 6.47. The number of hydrogen-bond acceptors (Lipinski definition) is 6. The molecule has 1 aliphatic carbocycles. The highest BCUT2D eigenvalue weighted by Crippen LogP contribution is 2.34. The topological polar surface area (TPSA) is 84.6 Å². The Labute approximate surface area is 169 Å². The van der Waals surface area contributed by atoms with E-state index >= 15 is 0 Å². The second-order valence-electron chi connectivity index (χ2n) is 7.23. The van der Waals surface area contributed by atoms with Crippen molar-refractivity contribution < 1.29 is 14.7 Å². The van der Waals surface area contributed by atoms with Crippen LogP contribution in [0.25, 0.3) is 6.08 Å². The normalized spacial score (nSPS) is 20.1. The fourth-order valence-electron chi connectivity index (χ4n) is 3.83. The van der Waals surface area contributed by atoms with Crippen LogP contribution in [-0.4, -0.2) is 48.1 Å². The Hall–Kier alpha value is -2.43. The molecular formula is C21H25N3O3S. The highest BCUT2D eigenvalue weighted by Gasteiger charge is 2.35. The summed E-state index contributed by atoms with van der Waals surface area (Å²) in [5.74, 6) is -1.11. The van der Waals surface area contributed by atoms with Gasteiger partial charge in [0.1, 0.15) is 11.6 Å². The maximum Gasteiger partial charge on any atom is 0.271 e. The van der Waals surface area contributed by atoms with E-state index in [1.54, 1.807) is 24.3 Å². The molecule has 148 valence electrons. The molecular weight excluding hydrogens is 374 g/mol. The van der Waals surface area contributed by atoms with E-state index in [0.717, 1.165) is 14.8 Å². The molecule has 1 aliphatic heterocycles. The third kappa shape index (κ3) is 3.89. The van der Waals surface area contributed by atoms with Gasteiger partial charge in [0.05, 0.1) is 18.2 Å². The zero-order chi connectivity index (χ0) is 20.3. The summed E-state index contributed by atoms with van der Waals surface area (Å²) in [4.78, 5) is 29.2. The smallest absolute Gasteiger partial charge is 0.271 e. The van der Waals surface area contributed by atoms with Crippen LogP contribution in [0.1, 0.15) is 43.9 Å². The van der Waals surface area contributed by atoms with Crippen molar-refractivity contribution >= 4 is 34.2 Å². The molecule has 0 aromatic carbocycles. The molecule has 0 radical (unpaired) electrons. The van der Waals surface area contributed by atoms with Crippen molar-refractivity contribution in [1.82, 2.24) is 4.90 Å². The van der Waals surface area contributed by atoms with E-state index < -0.39 is 11.8 Å². The van der Waals surface area contributed by atoms with Crippen LogP contribution in [0.5, 0.6) is 0 Å². The standard InChI is InChI=1S/C21H25N3O3S/c1-14-17(20(26)24(10-11-25)21(27)18(14)13-22)12-16-8-9-19(28-16)23(2)15-6-4-3-5-7-15/h8-9,12,15,25H,3-7,10-11H2,1-2H3/b17-12+. The van der Waals surface area contributed by atoms with Crippen LogP contribution in [0, 0.1) is 11.3 Å². The van der Waals surface area contributed by atoms with Crippen molar-refractivity contribution in [3.05, 3.63) is 33.7 Å². The number of hydrogen-bond donors (Lipinski definition) is 1. The van der Waals surface area contributed by atoms with Crippen molar-refractivity contribution in [1.29, 1.82) is 5.26 Å². The van der Waals surface area contributed by atoms with E-state index in [4.69, 9.17) is 0 Å². The molecule has 0 bridgehead atoms. The first-order valence-electron chi connectivity index (χ1n) is 9.60. The summed E-state index contributed by atoms with van der Waals surface area (Å²) in [6.45, 7) is 1.17. The van der Waals surface area contributed by atoms with Crippen LogP contribution in [0.4, 0.5) is 5.00 Å². The first-order chi connectivity index (χ1) is 13.5. The van der Waals surface area contributed by atoms with Crippen molar-refractivity contribution in [3.8, 4) is 6.07 Å². The van der Waals surface area contributed by atoms with E-state index in [0.29, 0.717) is 17.2 Å². The number of thiophene rings is 1. The lowest BCUT2D eigenvalue weighted by molar-refractivity contribution is -0.140. The van der Waals surface area contributed by atoms with Gasteiger partial charge in [-0.05, 0) is 43.5 Å². The minimum atomic E-state index is -0.639. The zero-order valence-electron chi connectivity index (χ0n) is 16.3. The van der Waals surface area contributed by atoms with Crippen LogP contribution in [0.15, 0.2) is 28.9 Å². The van der Waals surface area contributed by atoms with Gasteiger partial charge in [-0.15, -0.1) is 11.3 Å². The second kappa shape index (κ2) is 8.72. The highest BCUT2D eigenvalue weighted by molar-refractivity contribution is 7.17. The number of β-amino-alcohol motifs (C(OH)–C–C–N with tert-alkyl or cyclic N) is 1. The third-order valence-corrected chi connectivity index (χ3v) is 6.64. The number of anilines is 1. The lowest BCUT2D eigenvalue weighted by Crippen LogP contribution is -2.44. The Morgan fingerprint density at radius 1 is 1.29 bits per heavy atom. The predicted octanol–water partition coefficient (Wildman–Crippen LogP) is 3.10. The highest BCUT2D eigenvalue weighted by atomic mass is 32.1. The third-order valence-electron chi connectivity index (χ3n) is 5.52. The molecule has 2 aliphatic rings. The fraction of sp³-hybridized carbons (Fsp3) is 0.476.